The van der Waals surface area contributed by atoms with E-state index in [-0.39, 0.29) is 11.2 Å². The molecule has 4 rings (SSSR count). The highest BCUT2D eigenvalue weighted by Crippen LogP contribution is 2.27. The molecule has 0 aliphatic rings. The average Bonchev–Trinajstić information content (AvgIpc) is 3.02. The summed E-state index contributed by atoms with van der Waals surface area (Å²) >= 11 is 0. The lowest BCUT2D eigenvalue weighted by atomic mass is 10.0. The maximum atomic E-state index is 13.1. The van der Waals surface area contributed by atoms with E-state index in [1.54, 1.807) is 18.2 Å². The van der Waals surface area contributed by atoms with Crippen LogP contribution in [0.25, 0.3) is 41.3 Å². The van der Waals surface area contributed by atoms with E-state index in [0.29, 0.717) is 16.7 Å². The van der Waals surface area contributed by atoms with Crippen molar-refractivity contribution >= 4 is 53.0 Å². The fourth-order valence-corrected chi connectivity index (χ4v) is 5.03. The molecule has 0 saturated carbocycles. The van der Waals surface area contributed by atoms with Crippen molar-refractivity contribution in [1.82, 2.24) is 0 Å². The van der Waals surface area contributed by atoms with Gasteiger partial charge < -0.3 is 14.4 Å². The van der Waals surface area contributed by atoms with Crippen LogP contribution >= 0.6 is 0 Å². The van der Waals surface area contributed by atoms with Gasteiger partial charge in [-0.05, 0) is 71.4 Å². The maximum absolute atomic E-state index is 13.1. The van der Waals surface area contributed by atoms with Crippen LogP contribution in [0.5, 0.6) is 0 Å². The summed E-state index contributed by atoms with van der Waals surface area (Å²) < 4.78 is 5.82. The van der Waals surface area contributed by atoms with Crippen LogP contribution in [0.4, 0.5) is 5.69 Å². The van der Waals surface area contributed by atoms with E-state index in [1.165, 1.54) is 6.08 Å². The topological polar surface area (TPSA) is 94.5 Å². The van der Waals surface area contributed by atoms with Gasteiger partial charge in [0, 0.05) is 30.2 Å². The van der Waals surface area contributed by atoms with Crippen molar-refractivity contribution in [1.29, 1.82) is 5.26 Å². The van der Waals surface area contributed by atoms with Gasteiger partial charge in [0.15, 0.2) is 0 Å². The SMILES string of the molecule is CCCN(CCC)c1ccc2c(CC)c(/C=C/c3ccc(/C=C/c4ccc(C=C(C#N)C(=O)O)cc4)cc3)c(=O)oc2c1. The van der Waals surface area contributed by atoms with Gasteiger partial charge in [0.05, 0.1) is 5.56 Å². The van der Waals surface area contributed by atoms with Gasteiger partial charge in [0.1, 0.15) is 17.2 Å². The number of nitriles is 1. The summed E-state index contributed by atoms with van der Waals surface area (Å²) in [5, 5.41) is 18.9. The second-order valence-corrected chi connectivity index (χ2v) is 10.3. The molecular formula is C37H36N2O4. The second-order valence-electron chi connectivity index (χ2n) is 10.3. The molecule has 6 nitrogen and oxygen atoms in total. The van der Waals surface area contributed by atoms with Crippen molar-refractivity contribution in [2.45, 2.75) is 40.0 Å². The number of anilines is 1. The predicted molar refractivity (Wildman–Crippen MR) is 177 cm³/mol. The predicted octanol–water partition coefficient (Wildman–Crippen LogP) is 8.31. The highest BCUT2D eigenvalue weighted by atomic mass is 16.4. The summed E-state index contributed by atoms with van der Waals surface area (Å²) in [7, 11) is 0. The van der Waals surface area contributed by atoms with Crippen LogP contribution in [-0.4, -0.2) is 24.2 Å². The molecule has 3 aromatic carbocycles. The molecule has 0 amide bonds. The normalized spacial score (nSPS) is 11.8. The quantitative estimate of drug-likeness (QED) is 0.0794. The lowest BCUT2D eigenvalue weighted by Gasteiger charge is -2.24. The summed E-state index contributed by atoms with van der Waals surface area (Å²) in [6.07, 6.45) is 11.9. The van der Waals surface area contributed by atoms with E-state index in [2.05, 4.69) is 37.8 Å². The Morgan fingerprint density at radius 2 is 1.37 bits per heavy atom. The molecule has 6 heteroatoms. The number of carbonyl (C=O) groups is 1. The number of hydrogen-bond donors (Lipinski definition) is 1. The molecule has 0 aliphatic heterocycles. The summed E-state index contributed by atoms with van der Waals surface area (Å²) in [6, 6.07) is 23.2. The zero-order valence-corrected chi connectivity index (χ0v) is 24.8. The minimum absolute atomic E-state index is 0.305. The minimum Gasteiger partial charge on any atom is -0.477 e. The molecule has 4 aromatic rings. The molecule has 43 heavy (non-hydrogen) atoms. The molecule has 0 atom stereocenters. The van der Waals surface area contributed by atoms with Gasteiger partial charge >= 0.3 is 11.6 Å². The Morgan fingerprint density at radius 3 is 1.86 bits per heavy atom. The van der Waals surface area contributed by atoms with Crippen molar-refractivity contribution in [2.24, 2.45) is 0 Å². The van der Waals surface area contributed by atoms with Crippen LogP contribution in [0, 0.1) is 11.3 Å². The number of aliphatic carboxylic acids is 1. The Balaban J connectivity index is 1.51. The van der Waals surface area contributed by atoms with Crippen molar-refractivity contribution in [3.63, 3.8) is 0 Å². The summed E-state index contributed by atoms with van der Waals surface area (Å²) in [5.74, 6) is -1.24. The molecule has 0 unspecified atom stereocenters. The number of carboxylic acid groups (broad SMARTS) is 1. The van der Waals surface area contributed by atoms with E-state index >= 15 is 0 Å². The van der Waals surface area contributed by atoms with Gasteiger partial charge in [-0.2, -0.15) is 5.26 Å². The number of nitrogens with zero attached hydrogens (tertiary/aromatic N) is 2. The first-order valence-corrected chi connectivity index (χ1v) is 14.6. The molecule has 0 fully saturated rings. The molecular weight excluding hydrogens is 536 g/mol. The van der Waals surface area contributed by atoms with Crippen LogP contribution in [0.2, 0.25) is 0 Å². The zero-order valence-electron chi connectivity index (χ0n) is 24.8. The van der Waals surface area contributed by atoms with Gasteiger partial charge in [-0.15, -0.1) is 0 Å². The first-order valence-electron chi connectivity index (χ1n) is 14.6. The van der Waals surface area contributed by atoms with E-state index in [1.807, 2.05) is 66.8 Å². The van der Waals surface area contributed by atoms with E-state index in [0.717, 1.165) is 65.7 Å². The first-order chi connectivity index (χ1) is 20.9. The molecule has 0 spiro atoms. The fraction of sp³-hybridized carbons (Fsp3) is 0.216. The van der Waals surface area contributed by atoms with Crippen LogP contribution in [0.15, 0.2) is 81.5 Å². The van der Waals surface area contributed by atoms with Crippen LogP contribution < -0.4 is 10.5 Å². The Kier molecular flexibility index (Phi) is 10.5. The molecule has 0 aliphatic carbocycles. The third-order valence-electron chi connectivity index (χ3n) is 7.19. The monoisotopic (exact) mass is 572 g/mol. The minimum atomic E-state index is -1.24. The average molecular weight is 573 g/mol. The van der Waals surface area contributed by atoms with Gasteiger partial charge in [0.25, 0.3) is 0 Å². The third-order valence-corrected chi connectivity index (χ3v) is 7.19. The molecule has 0 saturated heterocycles. The molecule has 1 aromatic heterocycles. The lowest BCUT2D eigenvalue weighted by Crippen LogP contribution is -2.24. The Labute approximate surface area is 252 Å². The Bertz CT molecular complexity index is 1760. The molecule has 0 bridgehead atoms. The van der Waals surface area contributed by atoms with Crippen LogP contribution in [-0.2, 0) is 11.2 Å². The van der Waals surface area contributed by atoms with Crippen molar-refractivity contribution < 1.29 is 14.3 Å². The number of fused-ring (bicyclic) bond motifs is 1. The molecule has 1 N–H and O–H groups in total. The molecule has 1 heterocycles. The summed E-state index contributed by atoms with van der Waals surface area (Å²) in [4.78, 5) is 26.4. The molecule has 0 radical (unpaired) electrons. The highest BCUT2D eigenvalue weighted by Gasteiger charge is 2.14. The third kappa shape index (κ3) is 7.78. The number of aryl methyl sites for hydroxylation is 1. The van der Waals surface area contributed by atoms with Crippen LogP contribution in [0.3, 0.4) is 0 Å². The maximum Gasteiger partial charge on any atom is 0.346 e. The highest BCUT2D eigenvalue weighted by molar-refractivity contribution is 5.96. The molecule has 218 valence electrons. The summed E-state index contributed by atoms with van der Waals surface area (Å²) in [6.45, 7) is 8.33. The standard InChI is InChI=1S/C37H36N2O4/c1-4-21-39(22-5-2)31-18-20-33-32(6-3)34(37(42)43-35(33)24-31)19-17-28-11-9-26(10-12-28)7-8-27-13-15-29(16-14-27)23-30(25-38)36(40)41/h7-20,23-24H,4-6,21-22H2,1-3H3,(H,40,41)/b8-7+,19-17+,30-23?. The van der Waals surface area contributed by atoms with Crippen molar-refractivity contribution in [3.8, 4) is 6.07 Å². The van der Waals surface area contributed by atoms with Gasteiger partial charge in [-0.1, -0.05) is 87.5 Å². The number of hydrogen-bond acceptors (Lipinski definition) is 5. The lowest BCUT2D eigenvalue weighted by molar-refractivity contribution is -0.132. The largest absolute Gasteiger partial charge is 0.477 e. The smallest absolute Gasteiger partial charge is 0.346 e. The van der Waals surface area contributed by atoms with Crippen LogP contribution in [0.1, 0.15) is 67.0 Å². The van der Waals surface area contributed by atoms with Gasteiger partial charge in [-0.25, -0.2) is 9.59 Å². The Morgan fingerprint density at radius 1 is 0.837 bits per heavy atom. The number of carboxylic acids is 1. The Hall–Kier alpha value is -5.15. The second kappa shape index (κ2) is 14.7. The van der Waals surface area contributed by atoms with Gasteiger partial charge in [-0.3, -0.25) is 0 Å². The number of rotatable bonds is 12. The number of benzene rings is 3. The van der Waals surface area contributed by atoms with E-state index in [9.17, 15) is 9.59 Å². The van der Waals surface area contributed by atoms with E-state index in [4.69, 9.17) is 14.8 Å². The van der Waals surface area contributed by atoms with Gasteiger partial charge in [0.2, 0.25) is 0 Å². The van der Waals surface area contributed by atoms with Crippen molar-refractivity contribution in [2.75, 3.05) is 18.0 Å². The zero-order chi connectivity index (χ0) is 30.8. The first kappa shape index (κ1) is 30.8. The van der Waals surface area contributed by atoms with E-state index < -0.39 is 5.97 Å². The summed E-state index contributed by atoms with van der Waals surface area (Å²) in [5.41, 5.74) is 6.20. The van der Waals surface area contributed by atoms with Crippen molar-refractivity contribution in [3.05, 3.63) is 116 Å². The fourth-order valence-electron chi connectivity index (χ4n) is 5.03.